The van der Waals surface area contributed by atoms with E-state index in [4.69, 9.17) is 4.74 Å². The average Bonchev–Trinajstić information content (AvgIpc) is 3.45. The monoisotopic (exact) mass is 430 g/mol. The first-order chi connectivity index (χ1) is 15.0. The zero-order chi connectivity index (χ0) is 22.0. The highest BCUT2D eigenvalue weighted by Crippen LogP contribution is 2.38. The maximum atomic E-state index is 12.9. The number of carbonyl (C=O) groups is 2. The van der Waals surface area contributed by atoms with Crippen molar-refractivity contribution in [2.75, 3.05) is 12.4 Å². The first-order valence-corrected chi connectivity index (χ1v) is 10.7. The minimum absolute atomic E-state index is 0.279. The molecule has 1 N–H and O–H groups in total. The summed E-state index contributed by atoms with van der Waals surface area (Å²) < 4.78 is 6.99. The molecule has 4 rings (SSSR count). The third kappa shape index (κ3) is 4.15. The fourth-order valence-corrected chi connectivity index (χ4v) is 4.39. The fourth-order valence-electron chi connectivity index (χ4n) is 3.45. The van der Waals surface area contributed by atoms with Crippen molar-refractivity contribution in [2.24, 2.45) is 0 Å². The van der Waals surface area contributed by atoms with Crippen LogP contribution in [-0.2, 0) is 4.74 Å². The van der Waals surface area contributed by atoms with E-state index in [0.29, 0.717) is 16.1 Å². The highest BCUT2D eigenvalue weighted by atomic mass is 32.1. The van der Waals surface area contributed by atoms with Crippen molar-refractivity contribution in [3.05, 3.63) is 94.6 Å². The molecule has 0 unspecified atom stereocenters. The van der Waals surface area contributed by atoms with Crippen LogP contribution in [0.1, 0.15) is 31.8 Å². The molecule has 0 aliphatic carbocycles. The number of hydrogen-bond donors (Lipinski definition) is 1. The van der Waals surface area contributed by atoms with Crippen LogP contribution in [0.2, 0.25) is 0 Å². The van der Waals surface area contributed by atoms with Crippen molar-refractivity contribution in [3.63, 3.8) is 0 Å². The summed E-state index contributed by atoms with van der Waals surface area (Å²) in [6.07, 6.45) is 3.89. The highest BCUT2D eigenvalue weighted by molar-refractivity contribution is 7.15. The molecule has 2 aromatic heterocycles. The minimum atomic E-state index is -0.476. The standard InChI is InChI=1S/C25H22N2O3S/c1-16-6-7-17(2)20(14-16)21-15-31-24(22(21)25(29)30-3)26-23(28)18-8-10-19(11-9-18)27-12-4-5-13-27/h4-15H,1-3H3,(H,26,28). The number of thiophene rings is 1. The summed E-state index contributed by atoms with van der Waals surface area (Å²) in [6.45, 7) is 4.01. The lowest BCUT2D eigenvalue weighted by molar-refractivity contribution is 0.0603. The summed E-state index contributed by atoms with van der Waals surface area (Å²) in [5.74, 6) is -0.756. The molecule has 5 nitrogen and oxygen atoms in total. The first kappa shape index (κ1) is 20.6. The molecule has 31 heavy (non-hydrogen) atoms. The summed E-state index contributed by atoms with van der Waals surface area (Å²) in [5.41, 5.74) is 5.70. The number of hydrogen-bond acceptors (Lipinski definition) is 4. The maximum Gasteiger partial charge on any atom is 0.341 e. The Morgan fingerprint density at radius 2 is 1.68 bits per heavy atom. The van der Waals surface area contributed by atoms with Gasteiger partial charge in [-0.25, -0.2) is 4.79 Å². The average molecular weight is 431 g/mol. The Morgan fingerprint density at radius 1 is 0.968 bits per heavy atom. The van der Waals surface area contributed by atoms with Gasteiger partial charge in [-0.05, 0) is 61.4 Å². The van der Waals surface area contributed by atoms with Crippen molar-refractivity contribution in [3.8, 4) is 16.8 Å². The van der Waals surface area contributed by atoms with Crippen molar-refractivity contribution >= 4 is 28.2 Å². The van der Waals surface area contributed by atoms with E-state index in [0.717, 1.165) is 27.9 Å². The third-order valence-corrected chi connectivity index (χ3v) is 6.02. The molecule has 0 aliphatic heterocycles. The molecule has 0 saturated heterocycles. The van der Waals surface area contributed by atoms with E-state index in [2.05, 4.69) is 5.32 Å². The molecular formula is C25H22N2O3S. The molecule has 4 aromatic rings. The lowest BCUT2D eigenvalue weighted by Gasteiger charge is -2.10. The Hall–Kier alpha value is -3.64. The number of ether oxygens (including phenoxy) is 1. The second-order valence-electron chi connectivity index (χ2n) is 7.25. The normalized spacial score (nSPS) is 10.7. The van der Waals surface area contributed by atoms with Crippen LogP contribution >= 0.6 is 11.3 Å². The molecule has 0 fully saturated rings. The van der Waals surface area contributed by atoms with Gasteiger partial charge in [0.05, 0.1) is 7.11 Å². The van der Waals surface area contributed by atoms with Crippen molar-refractivity contribution in [2.45, 2.75) is 13.8 Å². The summed E-state index contributed by atoms with van der Waals surface area (Å²) >= 11 is 1.32. The lowest BCUT2D eigenvalue weighted by atomic mass is 9.97. The molecular weight excluding hydrogens is 408 g/mol. The van der Waals surface area contributed by atoms with Crippen LogP contribution in [0.3, 0.4) is 0 Å². The molecule has 0 saturated carbocycles. The number of aromatic nitrogens is 1. The Kier molecular flexibility index (Phi) is 5.73. The van der Waals surface area contributed by atoms with E-state index >= 15 is 0 Å². The van der Waals surface area contributed by atoms with Crippen LogP contribution in [-0.4, -0.2) is 23.6 Å². The van der Waals surface area contributed by atoms with Gasteiger partial charge in [-0.2, -0.15) is 0 Å². The summed E-state index contributed by atoms with van der Waals surface area (Å²) in [5, 5.41) is 5.25. The van der Waals surface area contributed by atoms with E-state index in [-0.39, 0.29) is 5.91 Å². The Labute approximate surface area is 184 Å². The van der Waals surface area contributed by atoms with E-state index < -0.39 is 5.97 Å². The van der Waals surface area contributed by atoms with Gasteiger partial charge in [-0.15, -0.1) is 11.3 Å². The number of esters is 1. The second-order valence-corrected chi connectivity index (χ2v) is 8.13. The number of rotatable bonds is 5. The number of nitrogens with zero attached hydrogens (tertiary/aromatic N) is 1. The van der Waals surface area contributed by atoms with Crippen LogP contribution in [0.4, 0.5) is 5.00 Å². The zero-order valence-electron chi connectivity index (χ0n) is 17.5. The van der Waals surface area contributed by atoms with E-state index in [9.17, 15) is 9.59 Å². The summed E-state index contributed by atoms with van der Waals surface area (Å²) in [6, 6.07) is 17.3. The van der Waals surface area contributed by atoms with Gasteiger partial charge >= 0.3 is 5.97 Å². The number of benzene rings is 2. The van der Waals surface area contributed by atoms with Crippen LogP contribution in [0.25, 0.3) is 16.8 Å². The topological polar surface area (TPSA) is 60.3 Å². The summed E-state index contributed by atoms with van der Waals surface area (Å²) in [7, 11) is 1.35. The van der Waals surface area contributed by atoms with E-state index in [1.807, 2.05) is 78.7 Å². The first-order valence-electron chi connectivity index (χ1n) is 9.80. The number of carbonyl (C=O) groups excluding carboxylic acids is 2. The number of anilines is 1. The number of nitrogens with one attached hydrogen (secondary N) is 1. The van der Waals surface area contributed by atoms with Gasteiger partial charge in [0.15, 0.2) is 0 Å². The maximum absolute atomic E-state index is 12.9. The van der Waals surface area contributed by atoms with Crippen molar-refractivity contribution in [1.82, 2.24) is 4.57 Å². The quantitative estimate of drug-likeness (QED) is 0.403. The summed E-state index contributed by atoms with van der Waals surface area (Å²) in [4.78, 5) is 25.5. The molecule has 0 atom stereocenters. The molecule has 0 aliphatic rings. The van der Waals surface area contributed by atoms with Gasteiger partial charge in [0, 0.05) is 34.6 Å². The Balaban J connectivity index is 1.65. The largest absolute Gasteiger partial charge is 0.465 e. The lowest BCUT2D eigenvalue weighted by Crippen LogP contribution is -2.14. The molecule has 6 heteroatoms. The van der Waals surface area contributed by atoms with Crippen molar-refractivity contribution < 1.29 is 14.3 Å². The van der Waals surface area contributed by atoms with Gasteiger partial charge in [-0.1, -0.05) is 23.8 Å². The van der Waals surface area contributed by atoms with Gasteiger partial charge < -0.3 is 14.6 Å². The molecule has 156 valence electrons. The molecule has 2 heterocycles. The molecule has 2 aromatic carbocycles. The van der Waals surface area contributed by atoms with E-state index in [1.54, 1.807) is 12.1 Å². The number of amides is 1. The molecule has 0 bridgehead atoms. The van der Waals surface area contributed by atoms with E-state index in [1.165, 1.54) is 18.4 Å². The van der Waals surface area contributed by atoms with Gasteiger partial charge in [0.25, 0.3) is 5.91 Å². The Morgan fingerprint density at radius 3 is 2.35 bits per heavy atom. The Bertz CT molecular complexity index is 1240. The van der Waals surface area contributed by atoms with Crippen LogP contribution in [0, 0.1) is 13.8 Å². The molecule has 1 amide bonds. The van der Waals surface area contributed by atoms with Gasteiger partial charge in [0.2, 0.25) is 0 Å². The van der Waals surface area contributed by atoms with Crippen LogP contribution in [0.15, 0.2) is 72.4 Å². The highest BCUT2D eigenvalue weighted by Gasteiger charge is 2.23. The predicted octanol–water partition coefficient (Wildman–Crippen LogP) is 5.86. The minimum Gasteiger partial charge on any atom is -0.465 e. The SMILES string of the molecule is COC(=O)c1c(-c2cc(C)ccc2C)csc1NC(=O)c1ccc(-n2cccc2)cc1. The van der Waals surface area contributed by atoms with Crippen molar-refractivity contribution in [1.29, 1.82) is 0 Å². The third-order valence-electron chi connectivity index (χ3n) is 5.12. The predicted molar refractivity (Wildman–Crippen MR) is 124 cm³/mol. The second kappa shape index (κ2) is 8.62. The molecule has 0 spiro atoms. The van der Waals surface area contributed by atoms with Gasteiger partial charge in [0.1, 0.15) is 10.6 Å². The smallest absolute Gasteiger partial charge is 0.341 e. The zero-order valence-corrected chi connectivity index (χ0v) is 18.3. The number of methoxy groups -OCH3 is 1. The van der Waals surface area contributed by atoms with Gasteiger partial charge in [-0.3, -0.25) is 4.79 Å². The fraction of sp³-hybridized carbons (Fsp3) is 0.120. The van der Waals surface area contributed by atoms with Crippen LogP contribution in [0.5, 0.6) is 0 Å². The van der Waals surface area contributed by atoms with Crippen LogP contribution < -0.4 is 5.32 Å². The number of aryl methyl sites for hydroxylation is 2. The molecule has 0 radical (unpaired) electrons.